The van der Waals surface area contributed by atoms with Crippen LogP contribution in [0.2, 0.25) is 0 Å². The number of unbranched alkanes of at least 4 members (excludes halogenated alkanes) is 1. The van der Waals surface area contributed by atoms with E-state index in [9.17, 15) is 9.50 Å². The van der Waals surface area contributed by atoms with Crippen molar-refractivity contribution in [1.82, 2.24) is 14.5 Å². The Kier molecular flexibility index (Phi) is 14.3. The SMILES string of the molecule is CC/C=C(F)\C=C/c1cnc([O-])n1-c1ccc(OCCCN(CC)CCCC)cc1.[K+]. The van der Waals surface area contributed by atoms with E-state index in [1.54, 1.807) is 6.08 Å². The zero-order valence-corrected chi connectivity index (χ0v) is 22.4. The van der Waals surface area contributed by atoms with Gasteiger partial charge in [-0.1, -0.05) is 27.2 Å². The number of halogens is 1. The van der Waals surface area contributed by atoms with Gasteiger partial charge in [-0.3, -0.25) is 4.98 Å². The molecule has 0 aliphatic rings. The van der Waals surface area contributed by atoms with E-state index in [4.69, 9.17) is 4.74 Å². The van der Waals surface area contributed by atoms with Gasteiger partial charge in [0.15, 0.2) is 0 Å². The molecular formula is C24H33FKN3O2. The molecule has 0 aliphatic heterocycles. The van der Waals surface area contributed by atoms with Crippen LogP contribution in [0.5, 0.6) is 11.8 Å². The summed E-state index contributed by atoms with van der Waals surface area (Å²) in [5.74, 6) is 0.426. The van der Waals surface area contributed by atoms with Crippen LogP contribution in [0.1, 0.15) is 52.1 Å². The third kappa shape index (κ3) is 9.59. The number of aromatic nitrogens is 2. The molecule has 0 unspecified atom stereocenters. The van der Waals surface area contributed by atoms with Crippen molar-refractivity contribution < 1.29 is 65.6 Å². The smallest absolute Gasteiger partial charge is 0.845 e. The molecule has 0 radical (unpaired) electrons. The van der Waals surface area contributed by atoms with E-state index in [1.807, 2.05) is 31.2 Å². The summed E-state index contributed by atoms with van der Waals surface area (Å²) in [5, 5.41) is 12.1. The van der Waals surface area contributed by atoms with Crippen LogP contribution in [-0.2, 0) is 0 Å². The van der Waals surface area contributed by atoms with Crippen molar-refractivity contribution in [3.05, 3.63) is 54.1 Å². The van der Waals surface area contributed by atoms with Gasteiger partial charge in [-0.15, -0.1) is 0 Å². The summed E-state index contributed by atoms with van der Waals surface area (Å²) in [5.41, 5.74) is 1.20. The van der Waals surface area contributed by atoms with Crippen LogP contribution in [0.15, 0.2) is 48.4 Å². The summed E-state index contributed by atoms with van der Waals surface area (Å²) < 4.78 is 20.9. The molecule has 0 N–H and O–H groups in total. The summed E-state index contributed by atoms with van der Waals surface area (Å²) in [7, 11) is 0. The molecule has 7 heteroatoms. The second-order valence-corrected chi connectivity index (χ2v) is 7.12. The van der Waals surface area contributed by atoms with Crippen LogP contribution in [0.25, 0.3) is 11.8 Å². The van der Waals surface area contributed by atoms with Gasteiger partial charge in [0.05, 0.1) is 24.5 Å². The number of benzene rings is 1. The monoisotopic (exact) mass is 453 g/mol. The molecule has 0 bridgehead atoms. The van der Waals surface area contributed by atoms with Gasteiger partial charge in [0.25, 0.3) is 0 Å². The molecule has 5 nitrogen and oxygen atoms in total. The minimum atomic E-state index is -0.394. The Hall–Kier alpha value is -0.964. The third-order valence-corrected chi connectivity index (χ3v) is 4.83. The van der Waals surface area contributed by atoms with Crippen LogP contribution in [0.4, 0.5) is 4.39 Å². The fourth-order valence-corrected chi connectivity index (χ4v) is 3.13. The Bertz CT molecular complexity index is 819. The molecule has 0 spiro atoms. The van der Waals surface area contributed by atoms with Gasteiger partial charge in [-0.25, -0.2) is 4.39 Å². The summed E-state index contributed by atoms with van der Waals surface area (Å²) in [6, 6.07) is 6.92. The first-order valence-electron chi connectivity index (χ1n) is 10.8. The molecule has 2 rings (SSSR count). The van der Waals surface area contributed by atoms with E-state index in [1.165, 1.54) is 35.8 Å². The van der Waals surface area contributed by atoms with Crippen molar-refractivity contribution >= 4 is 6.08 Å². The first kappa shape index (κ1) is 28.1. The van der Waals surface area contributed by atoms with Gasteiger partial charge in [0.1, 0.15) is 11.6 Å². The number of hydrogen-bond acceptors (Lipinski definition) is 4. The van der Waals surface area contributed by atoms with Crippen LogP contribution in [0.3, 0.4) is 0 Å². The van der Waals surface area contributed by atoms with E-state index in [0.29, 0.717) is 24.4 Å². The fourth-order valence-electron chi connectivity index (χ4n) is 3.13. The van der Waals surface area contributed by atoms with Crippen LogP contribution in [-0.4, -0.2) is 40.7 Å². The molecule has 1 aromatic carbocycles. The zero-order valence-electron chi connectivity index (χ0n) is 19.3. The molecule has 0 atom stereocenters. The fraction of sp³-hybridized carbons (Fsp3) is 0.458. The van der Waals surface area contributed by atoms with Gasteiger partial charge in [0.2, 0.25) is 0 Å². The van der Waals surface area contributed by atoms with Gasteiger partial charge >= 0.3 is 51.4 Å². The molecule has 1 aromatic heterocycles. The van der Waals surface area contributed by atoms with Crippen molar-refractivity contribution in [2.24, 2.45) is 0 Å². The molecule has 2 aromatic rings. The normalized spacial score (nSPS) is 11.8. The zero-order chi connectivity index (χ0) is 21.8. The number of hydrogen-bond donors (Lipinski definition) is 0. The average molecular weight is 454 g/mol. The maximum atomic E-state index is 13.6. The standard InChI is InChI=1S/C24H34FN3O2.K/c1-4-7-16-27(6-3)17-8-18-30-23-14-12-21(13-15-23)28-22(19-26-24(28)29)11-10-20(25)9-5-2;/h9-15,19H,4-8,16-18H2,1-3H3,(H,26,29);/q;+1/p-1/b11-10-,20-9+;. The second-order valence-electron chi connectivity index (χ2n) is 7.12. The molecule has 0 saturated carbocycles. The van der Waals surface area contributed by atoms with Gasteiger partial charge in [-0.05, 0) is 74.8 Å². The quantitative estimate of drug-likeness (QED) is 0.265. The molecule has 0 amide bonds. The largest absolute Gasteiger partial charge is 1.00 e. The van der Waals surface area contributed by atoms with Gasteiger partial charge < -0.3 is 19.3 Å². The van der Waals surface area contributed by atoms with Crippen LogP contribution in [0, 0.1) is 0 Å². The topological polar surface area (TPSA) is 53.4 Å². The minimum Gasteiger partial charge on any atom is -0.845 e. The summed E-state index contributed by atoms with van der Waals surface area (Å²) in [6.07, 6.45) is 9.84. The van der Waals surface area contributed by atoms with Crippen molar-refractivity contribution in [3.63, 3.8) is 0 Å². The molecule has 0 saturated heterocycles. The second kappa shape index (κ2) is 15.8. The van der Waals surface area contributed by atoms with E-state index in [0.717, 1.165) is 31.8 Å². The predicted molar refractivity (Wildman–Crippen MR) is 119 cm³/mol. The number of allylic oxidation sites excluding steroid dienone is 3. The molecule has 164 valence electrons. The molecule has 0 aliphatic carbocycles. The summed E-state index contributed by atoms with van der Waals surface area (Å²) >= 11 is 0. The molecule has 31 heavy (non-hydrogen) atoms. The van der Waals surface area contributed by atoms with Crippen LogP contribution >= 0.6 is 0 Å². The first-order valence-corrected chi connectivity index (χ1v) is 10.8. The van der Waals surface area contributed by atoms with Crippen LogP contribution < -0.4 is 61.2 Å². The van der Waals surface area contributed by atoms with Crippen molar-refractivity contribution in [3.8, 4) is 17.4 Å². The maximum absolute atomic E-state index is 13.6. The number of imidazole rings is 1. The number of rotatable bonds is 13. The Labute approximate surface area is 228 Å². The third-order valence-electron chi connectivity index (χ3n) is 4.83. The predicted octanol–water partition coefficient (Wildman–Crippen LogP) is 2.12. The molecule has 1 heterocycles. The summed E-state index contributed by atoms with van der Waals surface area (Å²) in [6.45, 7) is 10.1. The van der Waals surface area contributed by atoms with Crippen molar-refractivity contribution in [2.75, 3.05) is 26.2 Å². The Morgan fingerprint density at radius 3 is 2.52 bits per heavy atom. The molecular weight excluding hydrogens is 420 g/mol. The minimum absolute atomic E-state index is 0. The van der Waals surface area contributed by atoms with Crippen molar-refractivity contribution in [2.45, 2.75) is 46.5 Å². The van der Waals surface area contributed by atoms with E-state index < -0.39 is 6.01 Å². The number of ether oxygens (including phenoxy) is 1. The van der Waals surface area contributed by atoms with Gasteiger partial charge in [0, 0.05) is 12.2 Å². The average Bonchev–Trinajstić information content (AvgIpc) is 3.13. The Balaban J connectivity index is 0.00000480. The van der Waals surface area contributed by atoms with E-state index >= 15 is 0 Å². The first-order chi connectivity index (χ1) is 14.6. The Morgan fingerprint density at radius 2 is 1.87 bits per heavy atom. The summed E-state index contributed by atoms with van der Waals surface area (Å²) in [4.78, 5) is 6.27. The molecule has 0 fully saturated rings. The van der Waals surface area contributed by atoms with E-state index in [2.05, 4.69) is 23.7 Å². The van der Waals surface area contributed by atoms with Gasteiger partial charge in [-0.2, -0.15) is 0 Å². The van der Waals surface area contributed by atoms with Crippen molar-refractivity contribution in [1.29, 1.82) is 0 Å². The maximum Gasteiger partial charge on any atom is 1.00 e. The number of nitrogens with zero attached hydrogens (tertiary/aromatic N) is 3. The Morgan fingerprint density at radius 1 is 1.16 bits per heavy atom. The van der Waals surface area contributed by atoms with E-state index in [-0.39, 0.29) is 57.2 Å².